The van der Waals surface area contributed by atoms with Gasteiger partial charge in [-0.2, -0.15) is 11.8 Å². The predicted octanol–water partition coefficient (Wildman–Crippen LogP) is 2.07. The Labute approximate surface area is 92.9 Å². The Hall–Kier alpha value is -0.480. The Kier molecular flexibility index (Phi) is 3.48. The summed E-state index contributed by atoms with van der Waals surface area (Å²) in [6, 6.07) is 1.92. The van der Waals surface area contributed by atoms with Crippen molar-refractivity contribution >= 4 is 29.2 Å². The lowest BCUT2D eigenvalue weighted by atomic mass is 10.4. The van der Waals surface area contributed by atoms with Crippen molar-refractivity contribution in [3.63, 3.8) is 0 Å². The number of hydrogen-bond donors (Lipinski definition) is 0. The van der Waals surface area contributed by atoms with E-state index in [0.29, 0.717) is 5.28 Å². The van der Waals surface area contributed by atoms with Crippen molar-refractivity contribution in [3.05, 3.63) is 17.5 Å². The summed E-state index contributed by atoms with van der Waals surface area (Å²) in [5.74, 6) is 3.37. The van der Waals surface area contributed by atoms with Gasteiger partial charge in [0.2, 0.25) is 5.28 Å². The van der Waals surface area contributed by atoms with Crippen LogP contribution in [0.5, 0.6) is 0 Å². The summed E-state index contributed by atoms with van der Waals surface area (Å²) in [6.07, 6.45) is 2.93. The number of rotatable bonds is 1. The third kappa shape index (κ3) is 2.51. The Balaban J connectivity index is 2.12. The van der Waals surface area contributed by atoms with Crippen LogP contribution in [0.25, 0.3) is 0 Å². The molecule has 0 N–H and O–H groups in total. The van der Waals surface area contributed by atoms with Crippen LogP contribution in [0.2, 0.25) is 5.28 Å². The van der Waals surface area contributed by atoms with E-state index in [1.54, 1.807) is 6.20 Å². The first-order valence-electron chi connectivity index (χ1n) is 4.67. The van der Waals surface area contributed by atoms with Crippen molar-refractivity contribution in [2.45, 2.75) is 6.42 Å². The molecule has 0 radical (unpaired) electrons. The van der Waals surface area contributed by atoms with E-state index in [2.05, 4.69) is 14.9 Å². The van der Waals surface area contributed by atoms with Crippen LogP contribution in [0, 0.1) is 0 Å². The Morgan fingerprint density at radius 3 is 3.14 bits per heavy atom. The van der Waals surface area contributed by atoms with E-state index in [4.69, 9.17) is 11.6 Å². The van der Waals surface area contributed by atoms with Gasteiger partial charge in [-0.25, -0.2) is 9.97 Å². The molecular formula is C9H12ClN3S. The molecule has 1 aliphatic rings. The van der Waals surface area contributed by atoms with Gasteiger partial charge >= 0.3 is 0 Å². The van der Waals surface area contributed by atoms with Crippen molar-refractivity contribution in [1.29, 1.82) is 0 Å². The highest BCUT2D eigenvalue weighted by molar-refractivity contribution is 7.99. The van der Waals surface area contributed by atoms with Crippen molar-refractivity contribution in [2.24, 2.45) is 0 Å². The van der Waals surface area contributed by atoms with Crippen molar-refractivity contribution in [2.75, 3.05) is 29.5 Å². The van der Waals surface area contributed by atoms with Crippen molar-refractivity contribution < 1.29 is 0 Å². The van der Waals surface area contributed by atoms with Crippen LogP contribution in [0.4, 0.5) is 5.82 Å². The van der Waals surface area contributed by atoms with E-state index in [1.807, 2.05) is 17.8 Å². The summed E-state index contributed by atoms with van der Waals surface area (Å²) in [6.45, 7) is 2.12. The fraction of sp³-hybridized carbons (Fsp3) is 0.556. The molecule has 0 aliphatic carbocycles. The normalized spacial score (nSPS) is 17.9. The minimum absolute atomic E-state index is 0.333. The second-order valence-corrected chi connectivity index (χ2v) is 4.70. The molecule has 0 unspecified atom stereocenters. The Bertz CT molecular complexity index is 300. The Morgan fingerprint density at radius 1 is 1.36 bits per heavy atom. The topological polar surface area (TPSA) is 29.0 Å². The van der Waals surface area contributed by atoms with E-state index in [1.165, 1.54) is 17.9 Å². The largest absolute Gasteiger partial charge is 0.356 e. The summed E-state index contributed by atoms with van der Waals surface area (Å²) < 4.78 is 0. The highest BCUT2D eigenvalue weighted by Gasteiger charge is 2.11. The number of hydrogen-bond acceptors (Lipinski definition) is 4. The summed E-state index contributed by atoms with van der Waals surface area (Å²) in [7, 11) is 0. The molecule has 3 nitrogen and oxygen atoms in total. The zero-order chi connectivity index (χ0) is 9.80. The van der Waals surface area contributed by atoms with Gasteiger partial charge in [0.1, 0.15) is 5.82 Å². The average molecular weight is 230 g/mol. The molecule has 14 heavy (non-hydrogen) atoms. The number of aromatic nitrogens is 2. The lowest BCUT2D eigenvalue weighted by molar-refractivity contribution is 0.798. The number of halogens is 1. The van der Waals surface area contributed by atoms with Gasteiger partial charge in [0.05, 0.1) is 0 Å². The minimum Gasteiger partial charge on any atom is -0.356 e. The average Bonchev–Trinajstić information content (AvgIpc) is 2.45. The number of nitrogens with zero attached hydrogens (tertiary/aromatic N) is 3. The highest BCUT2D eigenvalue weighted by Crippen LogP contribution is 2.17. The third-order valence-corrected chi connectivity index (χ3v) is 3.39. The van der Waals surface area contributed by atoms with Gasteiger partial charge in [0.25, 0.3) is 0 Å². The number of thioether (sulfide) groups is 1. The number of anilines is 1. The lowest BCUT2D eigenvalue weighted by Crippen LogP contribution is -2.26. The maximum atomic E-state index is 5.75. The quantitative estimate of drug-likeness (QED) is 0.690. The zero-order valence-corrected chi connectivity index (χ0v) is 9.39. The van der Waals surface area contributed by atoms with Gasteiger partial charge in [-0.15, -0.1) is 0 Å². The second kappa shape index (κ2) is 4.84. The highest BCUT2D eigenvalue weighted by atomic mass is 35.5. The van der Waals surface area contributed by atoms with Crippen molar-refractivity contribution in [1.82, 2.24) is 9.97 Å². The molecule has 0 amide bonds. The van der Waals surface area contributed by atoms with Crippen LogP contribution in [-0.2, 0) is 0 Å². The molecule has 0 aromatic carbocycles. The molecule has 2 heterocycles. The zero-order valence-electron chi connectivity index (χ0n) is 7.82. The summed E-state index contributed by atoms with van der Waals surface area (Å²) >= 11 is 7.75. The molecule has 0 bridgehead atoms. The lowest BCUT2D eigenvalue weighted by Gasteiger charge is -2.20. The summed E-state index contributed by atoms with van der Waals surface area (Å²) in [4.78, 5) is 10.4. The maximum absolute atomic E-state index is 5.75. The first-order valence-corrected chi connectivity index (χ1v) is 6.21. The van der Waals surface area contributed by atoms with Gasteiger partial charge in [-0.3, -0.25) is 0 Å². The smallest absolute Gasteiger partial charge is 0.224 e. The van der Waals surface area contributed by atoms with Gasteiger partial charge in [0, 0.05) is 25.0 Å². The third-order valence-electron chi connectivity index (χ3n) is 2.16. The fourth-order valence-electron chi connectivity index (χ4n) is 1.48. The van der Waals surface area contributed by atoms with Gasteiger partial charge in [0.15, 0.2) is 0 Å². The van der Waals surface area contributed by atoms with E-state index in [9.17, 15) is 0 Å². The first-order chi connectivity index (χ1) is 6.86. The molecule has 0 spiro atoms. The van der Waals surface area contributed by atoms with Crippen LogP contribution in [0.1, 0.15) is 6.42 Å². The summed E-state index contributed by atoms with van der Waals surface area (Å²) in [5, 5.41) is 0.333. The van der Waals surface area contributed by atoms with Crippen molar-refractivity contribution in [3.8, 4) is 0 Å². The molecule has 0 atom stereocenters. The Morgan fingerprint density at radius 2 is 2.29 bits per heavy atom. The summed E-state index contributed by atoms with van der Waals surface area (Å²) in [5.41, 5.74) is 0. The van der Waals surface area contributed by atoms with E-state index >= 15 is 0 Å². The van der Waals surface area contributed by atoms with E-state index < -0.39 is 0 Å². The van der Waals surface area contributed by atoms with Crippen LogP contribution >= 0.6 is 23.4 Å². The molecule has 0 saturated carbocycles. The van der Waals surface area contributed by atoms with Gasteiger partial charge in [-0.05, 0) is 29.8 Å². The second-order valence-electron chi connectivity index (χ2n) is 3.14. The first kappa shape index (κ1) is 10.1. The van der Waals surface area contributed by atoms with E-state index in [-0.39, 0.29) is 0 Å². The fourth-order valence-corrected chi connectivity index (χ4v) is 2.51. The van der Waals surface area contributed by atoms with Crippen LogP contribution in [-0.4, -0.2) is 34.6 Å². The SMILES string of the molecule is Clc1nccc(N2CCCSCC2)n1. The molecule has 1 aromatic heterocycles. The molecule has 76 valence electrons. The monoisotopic (exact) mass is 229 g/mol. The maximum Gasteiger partial charge on any atom is 0.224 e. The molecule has 1 saturated heterocycles. The standard InChI is InChI=1S/C9H12ClN3S/c10-9-11-3-2-8(12-9)13-4-1-6-14-7-5-13/h2-3H,1,4-7H2. The molecule has 1 aliphatic heterocycles. The van der Waals surface area contributed by atoms with Crippen LogP contribution < -0.4 is 4.90 Å². The molecule has 2 rings (SSSR count). The molecule has 1 fully saturated rings. The van der Waals surface area contributed by atoms with Crippen LogP contribution in [0.15, 0.2) is 12.3 Å². The minimum atomic E-state index is 0.333. The van der Waals surface area contributed by atoms with E-state index in [0.717, 1.165) is 18.9 Å². The van der Waals surface area contributed by atoms with Crippen LogP contribution in [0.3, 0.4) is 0 Å². The van der Waals surface area contributed by atoms with Gasteiger partial charge < -0.3 is 4.90 Å². The predicted molar refractivity (Wildman–Crippen MR) is 61.2 cm³/mol. The van der Waals surface area contributed by atoms with Gasteiger partial charge in [-0.1, -0.05) is 0 Å². The molecule has 1 aromatic rings. The molecular weight excluding hydrogens is 218 g/mol. The molecule has 5 heteroatoms.